The molecule has 76 valence electrons. The molecule has 1 aromatic heterocycles. The number of aromatic nitrogens is 1. The van der Waals surface area contributed by atoms with Crippen LogP contribution in [0, 0.1) is 5.92 Å². The van der Waals surface area contributed by atoms with E-state index in [9.17, 15) is 4.79 Å². The molecule has 0 saturated carbocycles. The van der Waals surface area contributed by atoms with Crippen molar-refractivity contribution in [2.45, 2.75) is 13.5 Å². The molecule has 1 N–H and O–H groups in total. The van der Waals surface area contributed by atoms with Gasteiger partial charge in [-0.3, -0.25) is 4.90 Å². The Bertz CT molecular complexity index is 344. The summed E-state index contributed by atoms with van der Waals surface area (Å²) < 4.78 is 0. The highest BCUT2D eigenvalue weighted by Gasteiger charge is 2.23. The summed E-state index contributed by atoms with van der Waals surface area (Å²) in [5, 5.41) is 11.2. The zero-order chi connectivity index (χ0) is 10.1. The van der Waals surface area contributed by atoms with Crippen LogP contribution in [-0.4, -0.2) is 34.0 Å². The Balaban J connectivity index is 1.93. The van der Waals surface area contributed by atoms with E-state index in [0.717, 1.165) is 30.6 Å². The SMILES string of the molecule is CC1CN(Cc2nc(C(=O)O)cs2)C1. The summed E-state index contributed by atoms with van der Waals surface area (Å²) in [4.78, 5) is 16.9. The normalized spacial score (nSPS) is 18.1. The van der Waals surface area contributed by atoms with E-state index in [1.165, 1.54) is 11.3 Å². The molecule has 5 heteroatoms. The van der Waals surface area contributed by atoms with Crippen LogP contribution in [0.2, 0.25) is 0 Å². The summed E-state index contributed by atoms with van der Waals surface area (Å²) in [5.74, 6) is -0.168. The average molecular weight is 212 g/mol. The number of nitrogens with zero attached hydrogens (tertiary/aromatic N) is 2. The van der Waals surface area contributed by atoms with Crippen LogP contribution in [0.15, 0.2) is 5.38 Å². The fraction of sp³-hybridized carbons (Fsp3) is 0.556. The topological polar surface area (TPSA) is 53.4 Å². The molecule has 0 bridgehead atoms. The zero-order valence-electron chi connectivity index (χ0n) is 7.93. The summed E-state index contributed by atoms with van der Waals surface area (Å²) in [6.07, 6.45) is 0. The van der Waals surface area contributed by atoms with Crippen LogP contribution in [0.5, 0.6) is 0 Å². The average Bonchev–Trinajstić information content (AvgIpc) is 2.50. The van der Waals surface area contributed by atoms with Gasteiger partial charge in [0.05, 0.1) is 6.54 Å². The number of hydrogen-bond donors (Lipinski definition) is 1. The van der Waals surface area contributed by atoms with Crippen LogP contribution in [0.4, 0.5) is 0 Å². The molecular formula is C9H12N2O2S. The van der Waals surface area contributed by atoms with Crippen molar-refractivity contribution < 1.29 is 9.90 Å². The molecule has 4 nitrogen and oxygen atoms in total. The highest BCUT2D eigenvalue weighted by Crippen LogP contribution is 2.19. The lowest BCUT2D eigenvalue weighted by Crippen LogP contribution is -2.44. The minimum Gasteiger partial charge on any atom is -0.476 e. The Kier molecular flexibility index (Phi) is 2.52. The molecule has 1 fully saturated rings. The summed E-state index contributed by atoms with van der Waals surface area (Å²) in [6.45, 7) is 5.20. The Labute approximate surface area is 86.2 Å². The Morgan fingerprint density at radius 2 is 2.50 bits per heavy atom. The number of carboxylic acids is 1. The smallest absolute Gasteiger partial charge is 0.355 e. The van der Waals surface area contributed by atoms with E-state index in [1.807, 2.05) is 0 Å². The van der Waals surface area contributed by atoms with Gasteiger partial charge < -0.3 is 5.11 Å². The summed E-state index contributed by atoms with van der Waals surface area (Å²) in [5.41, 5.74) is 0.165. The van der Waals surface area contributed by atoms with Gasteiger partial charge in [-0.1, -0.05) is 6.92 Å². The Morgan fingerprint density at radius 1 is 1.79 bits per heavy atom. The quantitative estimate of drug-likeness (QED) is 0.820. The monoisotopic (exact) mass is 212 g/mol. The van der Waals surface area contributed by atoms with Gasteiger partial charge in [-0.15, -0.1) is 11.3 Å². The zero-order valence-corrected chi connectivity index (χ0v) is 8.75. The molecule has 14 heavy (non-hydrogen) atoms. The lowest BCUT2D eigenvalue weighted by Gasteiger charge is -2.36. The first-order valence-corrected chi connectivity index (χ1v) is 5.43. The maximum atomic E-state index is 10.6. The van der Waals surface area contributed by atoms with Crippen molar-refractivity contribution in [2.24, 2.45) is 5.92 Å². The molecule has 1 aliphatic rings. The molecular weight excluding hydrogens is 200 g/mol. The summed E-state index contributed by atoms with van der Waals surface area (Å²) >= 11 is 1.42. The molecule has 2 heterocycles. The molecule has 0 atom stereocenters. The van der Waals surface area contributed by atoms with Crippen LogP contribution < -0.4 is 0 Å². The van der Waals surface area contributed by atoms with Crippen molar-refractivity contribution in [1.29, 1.82) is 0 Å². The number of carbonyl (C=O) groups is 1. The second kappa shape index (κ2) is 3.67. The van der Waals surface area contributed by atoms with Gasteiger partial charge in [0.1, 0.15) is 5.01 Å². The van der Waals surface area contributed by atoms with Gasteiger partial charge in [0.25, 0.3) is 0 Å². The van der Waals surface area contributed by atoms with Crippen LogP contribution in [0.3, 0.4) is 0 Å². The third-order valence-electron chi connectivity index (χ3n) is 2.27. The lowest BCUT2D eigenvalue weighted by molar-refractivity contribution is 0.0690. The van der Waals surface area contributed by atoms with E-state index in [4.69, 9.17) is 5.11 Å². The second-order valence-corrected chi connectivity index (χ2v) is 4.67. The third-order valence-corrected chi connectivity index (χ3v) is 3.10. The Hall–Kier alpha value is -0.940. The number of rotatable bonds is 3. The fourth-order valence-electron chi connectivity index (χ4n) is 1.63. The van der Waals surface area contributed by atoms with Crippen LogP contribution >= 0.6 is 11.3 Å². The minimum atomic E-state index is -0.940. The molecule has 0 aliphatic carbocycles. The lowest BCUT2D eigenvalue weighted by atomic mass is 10.0. The first kappa shape index (κ1) is 9.61. The van der Waals surface area contributed by atoms with E-state index in [-0.39, 0.29) is 5.69 Å². The summed E-state index contributed by atoms with van der Waals surface area (Å²) in [7, 11) is 0. The van der Waals surface area contributed by atoms with E-state index < -0.39 is 5.97 Å². The summed E-state index contributed by atoms with van der Waals surface area (Å²) in [6, 6.07) is 0. The van der Waals surface area contributed by atoms with Crippen molar-refractivity contribution >= 4 is 17.3 Å². The van der Waals surface area contributed by atoms with Crippen LogP contribution in [-0.2, 0) is 6.54 Å². The minimum absolute atomic E-state index is 0.165. The molecule has 0 aromatic carbocycles. The van der Waals surface area contributed by atoms with Gasteiger partial charge >= 0.3 is 5.97 Å². The van der Waals surface area contributed by atoms with Crippen molar-refractivity contribution in [3.63, 3.8) is 0 Å². The van der Waals surface area contributed by atoms with E-state index in [0.29, 0.717) is 0 Å². The number of likely N-dealkylation sites (tertiary alicyclic amines) is 1. The van der Waals surface area contributed by atoms with Gasteiger partial charge in [0.2, 0.25) is 0 Å². The first-order chi connectivity index (χ1) is 6.65. The van der Waals surface area contributed by atoms with E-state index in [1.54, 1.807) is 5.38 Å². The van der Waals surface area contributed by atoms with Gasteiger partial charge in [-0.2, -0.15) is 0 Å². The molecule has 0 spiro atoms. The van der Waals surface area contributed by atoms with Crippen LogP contribution in [0.1, 0.15) is 22.4 Å². The van der Waals surface area contributed by atoms with Gasteiger partial charge in [-0.25, -0.2) is 9.78 Å². The predicted octanol–water partition coefficient (Wildman–Crippen LogP) is 1.29. The molecule has 0 unspecified atom stereocenters. The molecule has 2 rings (SSSR count). The third kappa shape index (κ3) is 1.93. The van der Waals surface area contributed by atoms with Crippen molar-refractivity contribution in [1.82, 2.24) is 9.88 Å². The Morgan fingerprint density at radius 3 is 3.00 bits per heavy atom. The highest BCUT2D eigenvalue weighted by atomic mass is 32.1. The number of carboxylic acid groups (broad SMARTS) is 1. The molecule has 0 radical (unpaired) electrons. The number of hydrogen-bond acceptors (Lipinski definition) is 4. The largest absolute Gasteiger partial charge is 0.476 e. The van der Waals surface area contributed by atoms with Gasteiger partial charge in [0.15, 0.2) is 5.69 Å². The maximum Gasteiger partial charge on any atom is 0.355 e. The maximum absolute atomic E-state index is 10.6. The standard InChI is InChI=1S/C9H12N2O2S/c1-6-2-11(3-6)4-8-10-7(5-14-8)9(12)13/h5-6H,2-4H2,1H3,(H,12,13). The fourth-order valence-corrected chi connectivity index (χ4v) is 2.44. The predicted molar refractivity (Wildman–Crippen MR) is 53.5 cm³/mol. The molecule has 1 aliphatic heterocycles. The van der Waals surface area contributed by atoms with Crippen LogP contribution in [0.25, 0.3) is 0 Å². The van der Waals surface area contributed by atoms with Gasteiger partial charge in [-0.05, 0) is 5.92 Å². The molecule has 0 amide bonds. The molecule has 1 aromatic rings. The first-order valence-electron chi connectivity index (χ1n) is 4.55. The number of aromatic carboxylic acids is 1. The van der Waals surface area contributed by atoms with E-state index >= 15 is 0 Å². The van der Waals surface area contributed by atoms with Crippen molar-refractivity contribution in [3.8, 4) is 0 Å². The van der Waals surface area contributed by atoms with Crippen molar-refractivity contribution in [3.05, 3.63) is 16.1 Å². The highest BCUT2D eigenvalue weighted by molar-refractivity contribution is 7.09. The van der Waals surface area contributed by atoms with Gasteiger partial charge in [0, 0.05) is 18.5 Å². The second-order valence-electron chi connectivity index (χ2n) is 3.73. The number of thiazole rings is 1. The van der Waals surface area contributed by atoms with E-state index in [2.05, 4.69) is 16.8 Å². The molecule has 1 saturated heterocycles. The van der Waals surface area contributed by atoms with Crippen molar-refractivity contribution in [2.75, 3.05) is 13.1 Å².